The Morgan fingerprint density at radius 3 is 2.17 bits per heavy atom. The van der Waals surface area contributed by atoms with Gasteiger partial charge in [0.2, 0.25) is 0 Å². The highest BCUT2D eigenvalue weighted by Gasteiger charge is 2.23. The normalized spacial score (nSPS) is 12.8. The molecule has 0 aliphatic carbocycles. The first kappa shape index (κ1) is 20.6. The van der Waals surface area contributed by atoms with Crippen molar-refractivity contribution in [2.24, 2.45) is 0 Å². The van der Waals surface area contributed by atoms with E-state index in [1.165, 1.54) is 0 Å². The van der Waals surface area contributed by atoms with Gasteiger partial charge in [0.25, 0.3) is 5.91 Å². The lowest BCUT2D eigenvalue weighted by Crippen LogP contribution is -2.41. The summed E-state index contributed by atoms with van der Waals surface area (Å²) in [5, 5.41) is 12.8. The third-order valence-electron chi connectivity index (χ3n) is 4.89. The summed E-state index contributed by atoms with van der Waals surface area (Å²) in [5.41, 5.74) is 3.21. The second kappa shape index (κ2) is 9.39. The Balaban J connectivity index is 1.70. The topological polar surface area (TPSA) is 66.4 Å². The summed E-state index contributed by atoms with van der Waals surface area (Å²) in [5.74, 6) is -1.46. The molecule has 0 aliphatic rings. The number of carbonyl (C=O) groups excluding carboxylic acids is 1. The molecule has 0 saturated heterocycles. The monoisotopic (exact) mass is 407 g/mol. The molecule has 3 rings (SSSR count). The largest absolute Gasteiger partial charge is 0.480 e. The van der Waals surface area contributed by atoms with Crippen molar-refractivity contribution < 1.29 is 14.7 Å². The van der Waals surface area contributed by atoms with Crippen molar-refractivity contribution in [3.05, 3.63) is 95.0 Å². The van der Waals surface area contributed by atoms with Crippen molar-refractivity contribution in [1.82, 2.24) is 5.32 Å². The summed E-state index contributed by atoms with van der Waals surface area (Å²) < 4.78 is 0. The molecule has 148 valence electrons. The van der Waals surface area contributed by atoms with Crippen LogP contribution in [0.1, 0.15) is 35.2 Å². The molecule has 5 heteroatoms. The van der Waals surface area contributed by atoms with E-state index in [1.807, 2.05) is 61.5 Å². The number of amides is 1. The van der Waals surface area contributed by atoms with Crippen LogP contribution in [-0.4, -0.2) is 23.0 Å². The minimum atomic E-state index is -1.05. The molecule has 0 heterocycles. The second-order valence-electron chi connectivity index (χ2n) is 6.97. The van der Waals surface area contributed by atoms with Crippen molar-refractivity contribution in [2.45, 2.75) is 25.3 Å². The summed E-state index contributed by atoms with van der Waals surface area (Å²) >= 11 is 6.22. The number of aliphatic carboxylic acids is 1. The number of halogens is 1. The van der Waals surface area contributed by atoms with Crippen LogP contribution in [0.2, 0.25) is 5.02 Å². The molecule has 0 spiro atoms. The number of nitrogens with one attached hydrogen (secondary N) is 1. The average molecular weight is 408 g/mol. The van der Waals surface area contributed by atoms with E-state index in [4.69, 9.17) is 11.6 Å². The van der Waals surface area contributed by atoms with E-state index < -0.39 is 17.9 Å². The fraction of sp³-hybridized carbons (Fsp3) is 0.167. The van der Waals surface area contributed by atoms with Crippen LogP contribution in [0.25, 0.3) is 11.1 Å². The molecular weight excluding hydrogens is 386 g/mol. The lowest BCUT2D eigenvalue weighted by atomic mass is 9.93. The highest BCUT2D eigenvalue weighted by atomic mass is 35.5. The summed E-state index contributed by atoms with van der Waals surface area (Å²) in [7, 11) is 0. The van der Waals surface area contributed by atoms with Crippen LogP contribution in [0, 0.1) is 0 Å². The maximum atomic E-state index is 12.6. The predicted molar refractivity (Wildman–Crippen MR) is 115 cm³/mol. The van der Waals surface area contributed by atoms with Crippen LogP contribution in [-0.2, 0) is 4.79 Å². The van der Waals surface area contributed by atoms with Gasteiger partial charge in [0.15, 0.2) is 0 Å². The fourth-order valence-electron chi connectivity index (χ4n) is 3.23. The molecule has 0 aromatic heterocycles. The standard InChI is InChI=1S/C24H22ClNO3/c1-16(17-7-3-2-4-8-17)15-22(24(28)29)26-23(27)19-13-11-18(12-14-19)20-9-5-6-10-21(20)25/h2-14,16,22H,15H2,1H3,(H,26,27)(H,28,29). The molecular formula is C24H22ClNO3. The maximum Gasteiger partial charge on any atom is 0.326 e. The Morgan fingerprint density at radius 1 is 0.931 bits per heavy atom. The Bertz CT molecular complexity index is 987. The molecule has 4 nitrogen and oxygen atoms in total. The minimum absolute atomic E-state index is 0.000184. The lowest BCUT2D eigenvalue weighted by Gasteiger charge is -2.19. The first-order valence-electron chi connectivity index (χ1n) is 9.39. The number of carboxylic acids is 1. The molecule has 0 aliphatic heterocycles. The van der Waals surface area contributed by atoms with Crippen molar-refractivity contribution in [2.75, 3.05) is 0 Å². The van der Waals surface area contributed by atoms with E-state index in [1.54, 1.807) is 24.3 Å². The van der Waals surface area contributed by atoms with Crippen LogP contribution in [0.15, 0.2) is 78.9 Å². The molecule has 0 fully saturated rings. The summed E-state index contributed by atoms with van der Waals surface area (Å²) in [6, 6.07) is 23.1. The van der Waals surface area contributed by atoms with Crippen molar-refractivity contribution in [3.63, 3.8) is 0 Å². The zero-order valence-corrected chi connectivity index (χ0v) is 16.8. The Morgan fingerprint density at radius 2 is 1.55 bits per heavy atom. The Hall–Kier alpha value is -3.11. The zero-order chi connectivity index (χ0) is 20.8. The van der Waals surface area contributed by atoms with E-state index in [0.717, 1.165) is 16.7 Å². The zero-order valence-electron chi connectivity index (χ0n) is 16.0. The van der Waals surface area contributed by atoms with Crippen LogP contribution in [0.5, 0.6) is 0 Å². The van der Waals surface area contributed by atoms with E-state index in [9.17, 15) is 14.7 Å². The number of carboxylic acid groups (broad SMARTS) is 1. The maximum absolute atomic E-state index is 12.6. The van der Waals surface area contributed by atoms with Crippen molar-refractivity contribution in [3.8, 4) is 11.1 Å². The number of hydrogen-bond donors (Lipinski definition) is 2. The average Bonchev–Trinajstić information content (AvgIpc) is 2.74. The molecule has 2 atom stereocenters. The third-order valence-corrected chi connectivity index (χ3v) is 5.22. The Kier molecular flexibility index (Phi) is 6.68. The van der Waals surface area contributed by atoms with Crippen LogP contribution >= 0.6 is 11.6 Å². The SMILES string of the molecule is CC(CC(NC(=O)c1ccc(-c2ccccc2Cl)cc1)C(=O)O)c1ccccc1. The first-order valence-corrected chi connectivity index (χ1v) is 9.77. The van der Waals surface area contributed by atoms with E-state index in [-0.39, 0.29) is 5.92 Å². The van der Waals surface area contributed by atoms with E-state index in [0.29, 0.717) is 17.0 Å². The van der Waals surface area contributed by atoms with Crippen LogP contribution in [0.4, 0.5) is 0 Å². The van der Waals surface area contributed by atoms with Gasteiger partial charge in [-0.15, -0.1) is 0 Å². The number of hydrogen-bond acceptors (Lipinski definition) is 2. The third kappa shape index (κ3) is 5.24. The first-order chi connectivity index (χ1) is 14.0. The van der Waals surface area contributed by atoms with Gasteiger partial charge in [-0.05, 0) is 41.7 Å². The van der Waals surface area contributed by atoms with Crippen LogP contribution < -0.4 is 5.32 Å². The number of carbonyl (C=O) groups is 2. The molecule has 29 heavy (non-hydrogen) atoms. The van der Waals surface area contributed by atoms with Gasteiger partial charge in [0.1, 0.15) is 6.04 Å². The quantitative estimate of drug-likeness (QED) is 0.552. The fourth-order valence-corrected chi connectivity index (χ4v) is 3.48. The summed E-state index contributed by atoms with van der Waals surface area (Å²) in [4.78, 5) is 24.3. The van der Waals surface area contributed by atoms with Gasteiger partial charge in [-0.3, -0.25) is 4.79 Å². The van der Waals surface area contributed by atoms with E-state index in [2.05, 4.69) is 5.32 Å². The lowest BCUT2D eigenvalue weighted by molar-refractivity contribution is -0.139. The van der Waals surface area contributed by atoms with Crippen molar-refractivity contribution in [1.29, 1.82) is 0 Å². The van der Waals surface area contributed by atoms with Gasteiger partial charge < -0.3 is 10.4 Å². The molecule has 0 saturated carbocycles. The van der Waals surface area contributed by atoms with Crippen molar-refractivity contribution >= 4 is 23.5 Å². The summed E-state index contributed by atoms with van der Waals surface area (Å²) in [6.07, 6.45) is 0.308. The van der Waals surface area contributed by atoms with Gasteiger partial charge in [-0.2, -0.15) is 0 Å². The number of benzene rings is 3. The molecule has 2 unspecified atom stereocenters. The van der Waals surface area contributed by atoms with E-state index >= 15 is 0 Å². The molecule has 1 amide bonds. The second-order valence-corrected chi connectivity index (χ2v) is 7.38. The smallest absolute Gasteiger partial charge is 0.326 e. The van der Waals surface area contributed by atoms with Gasteiger partial charge in [0.05, 0.1) is 0 Å². The molecule has 3 aromatic rings. The van der Waals surface area contributed by atoms with Crippen LogP contribution in [0.3, 0.4) is 0 Å². The minimum Gasteiger partial charge on any atom is -0.480 e. The highest BCUT2D eigenvalue weighted by Crippen LogP contribution is 2.27. The van der Waals surface area contributed by atoms with Gasteiger partial charge in [-0.25, -0.2) is 4.79 Å². The van der Waals surface area contributed by atoms with Gasteiger partial charge in [-0.1, -0.05) is 79.2 Å². The van der Waals surface area contributed by atoms with Gasteiger partial charge >= 0.3 is 5.97 Å². The molecule has 2 N–H and O–H groups in total. The number of rotatable bonds is 7. The molecule has 0 bridgehead atoms. The molecule has 0 radical (unpaired) electrons. The van der Waals surface area contributed by atoms with Gasteiger partial charge in [0, 0.05) is 16.1 Å². The molecule has 3 aromatic carbocycles. The predicted octanol–water partition coefficient (Wildman–Crippen LogP) is 5.38. The highest BCUT2D eigenvalue weighted by molar-refractivity contribution is 6.33. The summed E-state index contributed by atoms with van der Waals surface area (Å²) in [6.45, 7) is 1.95. The Labute approximate surface area is 175 Å².